The van der Waals surface area contributed by atoms with Crippen LogP contribution in [0.3, 0.4) is 0 Å². The number of hydrogen-bond acceptors (Lipinski definition) is 4. The Morgan fingerprint density at radius 3 is 1.76 bits per heavy atom. The fraction of sp³-hybridized carbons (Fsp3) is 0.125. The molecule has 0 amide bonds. The summed E-state index contributed by atoms with van der Waals surface area (Å²) in [5.74, 6) is 0. The summed E-state index contributed by atoms with van der Waals surface area (Å²) in [4.78, 5) is 2.24. The second-order valence-electron chi connectivity index (χ2n) is 4.66. The molecule has 0 N–H and O–H groups in total. The van der Waals surface area contributed by atoms with Crippen molar-refractivity contribution in [1.29, 1.82) is 0 Å². The third-order valence-corrected chi connectivity index (χ3v) is 4.51. The molecule has 3 nitrogen and oxygen atoms in total. The first-order valence-electron chi connectivity index (χ1n) is 6.63. The Bertz CT molecular complexity index is 644. The molecule has 0 saturated heterocycles. The molecular formula is C16H14BrN3S. The summed E-state index contributed by atoms with van der Waals surface area (Å²) in [5.41, 5.74) is 2.53. The van der Waals surface area contributed by atoms with Crippen LogP contribution in [0.25, 0.3) is 0 Å². The third kappa shape index (κ3) is 3.89. The Hall–Kier alpha value is -1.72. The summed E-state index contributed by atoms with van der Waals surface area (Å²) < 4.78 is 0.809. The Morgan fingerprint density at radius 2 is 1.33 bits per heavy atom. The highest BCUT2D eigenvalue weighted by molar-refractivity contribution is 9.11. The predicted octanol–water partition coefficient (Wildman–Crippen LogP) is 4.51. The number of nitrogens with zero attached hydrogens (tertiary/aromatic N) is 3. The SMILES string of the molecule is Brc1nnc(N(Cc2ccccc2)Cc2ccccc2)s1. The van der Waals surface area contributed by atoms with Crippen LogP contribution in [0.1, 0.15) is 11.1 Å². The molecule has 0 fully saturated rings. The lowest BCUT2D eigenvalue weighted by molar-refractivity contribution is 0.785. The summed E-state index contributed by atoms with van der Waals surface area (Å²) in [6.07, 6.45) is 0. The van der Waals surface area contributed by atoms with E-state index >= 15 is 0 Å². The second-order valence-corrected chi connectivity index (χ2v) is 6.90. The minimum Gasteiger partial charge on any atom is -0.338 e. The maximum atomic E-state index is 4.26. The van der Waals surface area contributed by atoms with E-state index in [1.807, 2.05) is 12.1 Å². The molecule has 0 spiro atoms. The summed E-state index contributed by atoms with van der Waals surface area (Å²) in [7, 11) is 0. The molecule has 3 aromatic rings. The Labute approximate surface area is 136 Å². The number of benzene rings is 2. The molecular weight excluding hydrogens is 346 g/mol. The fourth-order valence-corrected chi connectivity index (χ4v) is 3.21. The van der Waals surface area contributed by atoms with E-state index in [0.29, 0.717) is 0 Å². The van der Waals surface area contributed by atoms with Crippen molar-refractivity contribution in [2.24, 2.45) is 0 Å². The smallest absolute Gasteiger partial charge is 0.209 e. The largest absolute Gasteiger partial charge is 0.338 e. The molecule has 3 rings (SSSR count). The first-order chi connectivity index (χ1) is 10.3. The van der Waals surface area contributed by atoms with Crippen LogP contribution in [0.15, 0.2) is 64.6 Å². The molecule has 0 atom stereocenters. The normalized spacial score (nSPS) is 10.5. The number of anilines is 1. The van der Waals surface area contributed by atoms with Gasteiger partial charge in [-0.05, 0) is 27.1 Å². The zero-order chi connectivity index (χ0) is 14.5. The van der Waals surface area contributed by atoms with Gasteiger partial charge in [-0.3, -0.25) is 0 Å². The van der Waals surface area contributed by atoms with Crippen LogP contribution in [0.2, 0.25) is 0 Å². The molecule has 0 unspecified atom stereocenters. The summed E-state index contributed by atoms with van der Waals surface area (Å²) in [6.45, 7) is 1.63. The molecule has 0 saturated carbocycles. The predicted molar refractivity (Wildman–Crippen MR) is 90.4 cm³/mol. The monoisotopic (exact) mass is 359 g/mol. The molecule has 1 aromatic heterocycles. The van der Waals surface area contributed by atoms with Crippen molar-refractivity contribution in [2.45, 2.75) is 13.1 Å². The molecule has 106 valence electrons. The van der Waals surface area contributed by atoms with Gasteiger partial charge in [0.25, 0.3) is 0 Å². The molecule has 0 radical (unpaired) electrons. The topological polar surface area (TPSA) is 29.0 Å². The quantitative estimate of drug-likeness (QED) is 0.671. The van der Waals surface area contributed by atoms with Gasteiger partial charge in [0.2, 0.25) is 5.13 Å². The Balaban J connectivity index is 1.84. The van der Waals surface area contributed by atoms with Crippen LogP contribution >= 0.6 is 27.3 Å². The Morgan fingerprint density at radius 1 is 0.810 bits per heavy atom. The Kier molecular flexibility index (Phi) is 4.62. The summed E-state index contributed by atoms with van der Waals surface area (Å²) in [6, 6.07) is 20.8. The summed E-state index contributed by atoms with van der Waals surface area (Å²) in [5, 5.41) is 9.25. The van der Waals surface area contributed by atoms with Gasteiger partial charge in [0.05, 0.1) is 0 Å². The minimum atomic E-state index is 0.809. The molecule has 1 heterocycles. The van der Waals surface area contributed by atoms with E-state index < -0.39 is 0 Å². The van der Waals surface area contributed by atoms with Crippen molar-refractivity contribution in [1.82, 2.24) is 10.2 Å². The van der Waals surface area contributed by atoms with Crippen LogP contribution < -0.4 is 4.90 Å². The average molecular weight is 360 g/mol. The van der Waals surface area contributed by atoms with E-state index in [1.165, 1.54) is 11.1 Å². The first kappa shape index (κ1) is 14.2. The second kappa shape index (κ2) is 6.83. The lowest BCUT2D eigenvalue weighted by atomic mass is 10.2. The van der Waals surface area contributed by atoms with Gasteiger partial charge >= 0.3 is 0 Å². The minimum absolute atomic E-state index is 0.809. The van der Waals surface area contributed by atoms with Crippen LogP contribution in [0.5, 0.6) is 0 Å². The van der Waals surface area contributed by atoms with Gasteiger partial charge in [-0.2, -0.15) is 0 Å². The third-order valence-electron chi connectivity index (χ3n) is 3.09. The van der Waals surface area contributed by atoms with E-state index in [0.717, 1.165) is 22.1 Å². The van der Waals surface area contributed by atoms with E-state index in [-0.39, 0.29) is 0 Å². The van der Waals surface area contributed by atoms with Crippen LogP contribution in [0.4, 0.5) is 5.13 Å². The molecule has 0 aliphatic heterocycles. The van der Waals surface area contributed by atoms with Crippen LogP contribution in [0, 0.1) is 0 Å². The van der Waals surface area contributed by atoms with Gasteiger partial charge in [-0.25, -0.2) is 0 Å². The fourth-order valence-electron chi connectivity index (χ4n) is 2.12. The first-order valence-corrected chi connectivity index (χ1v) is 8.24. The number of hydrogen-bond donors (Lipinski definition) is 0. The van der Waals surface area contributed by atoms with Crippen molar-refractivity contribution in [2.75, 3.05) is 4.90 Å². The zero-order valence-corrected chi connectivity index (χ0v) is 13.7. The lowest BCUT2D eigenvalue weighted by Gasteiger charge is -2.21. The van der Waals surface area contributed by atoms with Crippen molar-refractivity contribution in [3.05, 3.63) is 75.7 Å². The van der Waals surface area contributed by atoms with Crippen molar-refractivity contribution < 1.29 is 0 Å². The standard InChI is InChI=1S/C16H14BrN3S/c17-15-18-19-16(21-15)20(11-13-7-3-1-4-8-13)12-14-9-5-2-6-10-14/h1-10H,11-12H2. The van der Waals surface area contributed by atoms with Gasteiger partial charge < -0.3 is 4.90 Å². The molecule has 0 bridgehead atoms. The van der Waals surface area contributed by atoms with Gasteiger partial charge in [0, 0.05) is 13.1 Å². The number of halogens is 1. The molecule has 0 aliphatic carbocycles. The summed E-state index contributed by atoms with van der Waals surface area (Å²) >= 11 is 4.94. The maximum Gasteiger partial charge on any atom is 0.209 e. The van der Waals surface area contributed by atoms with Crippen LogP contribution in [-0.2, 0) is 13.1 Å². The molecule has 2 aromatic carbocycles. The van der Waals surface area contributed by atoms with Gasteiger partial charge in [-0.1, -0.05) is 72.0 Å². The van der Waals surface area contributed by atoms with Crippen molar-refractivity contribution in [3.63, 3.8) is 0 Å². The highest BCUT2D eigenvalue weighted by Crippen LogP contribution is 2.26. The highest BCUT2D eigenvalue weighted by atomic mass is 79.9. The van der Waals surface area contributed by atoms with Gasteiger partial charge in [0.1, 0.15) is 0 Å². The van der Waals surface area contributed by atoms with E-state index in [2.05, 4.69) is 79.6 Å². The van der Waals surface area contributed by atoms with E-state index in [9.17, 15) is 0 Å². The van der Waals surface area contributed by atoms with Gasteiger partial charge in [-0.15, -0.1) is 10.2 Å². The van der Waals surface area contributed by atoms with E-state index in [4.69, 9.17) is 0 Å². The number of rotatable bonds is 5. The van der Waals surface area contributed by atoms with E-state index in [1.54, 1.807) is 11.3 Å². The van der Waals surface area contributed by atoms with Gasteiger partial charge in [0.15, 0.2) is 3.92 Å². The lowest BCUT2D eigenvalue weighted by Crippen LogP contribution is -2.21. The van der Waals surface area contributed by atoms with Crippen molar-refractivity contribution in [3.8, 4) is 0 Å². The molecule has 0 aliphatic rings. The average Bonchev–Trinajstić information content (AvgIpc) is 2.95. The molecule has 21 heavy (non-hydrogen) atoms. The van der Waals surface area contributed by atoms with Crippen molar-refractivity contribution >= 4 is 32.4 Å². The highest BCUT2D eigenvalue weighted by Gasteiger charge is 2.13. The maximum absolute atomic E-state index is 4.26. The number of aromatic nitrogens is 2. The molecule has 5 heteroatoms. The van der Waals surface area contributed by atoms with Crippen LogP contribution in [-0.4, -0.2) is 10.2 Å². The zero-order valence-electron chi connectivity index (χ0n) is 11.3.